The number of hydrogen-bond donors (Lipinski definition) is 3. The number of hydrogen-bond acceptors (Lipinski definition) is 6. The van der Waals surface area contributed by atoms with Crippen LogP contribution in [0, 0.1) is 0 Å². The molecule has 0 aliphatic rings. The molecule has 0 amide bonds. The van der Waals surface area contributed by atoms with Crippen molar-refractivity contribution in [3.63, 3.8) is 0 Å². The van der Waals surface area contributed by atoms with Crippen LogP contribution in [-0.2, 0) is 4.74 Å². The Bertz CT molecular complexity index is 526. The maximum Gasteiger partial charge on any atom is 0.226 e. The molecule has 19 heavy (non-hydrogen) atoms. The Morgan fingerprint density at radius 2 is 2.26 bits per heavy atom. The monoisotopic (exact) mass is 264 g/mol. The van der Waals surface area contributed by atoms with Crippen molar-refractivity contribution in [3.05, 3.63) is 6.33 Å². The zero-order valence-electron chi connectivity index (χ0n) is 11.5. The van der Waals surface area contributed by atoms with E-state index in [-0.39, 0.29) is 6.04 Å². The highest BCUT2D eigenvalue weighted by atomic mass is 16.5. The van der Waals surface area contributed by atoms with Crippen molar-refractivity contribution in [2.24, 2.45) is 0 Å². The van der Waals surface area contributed by atoms with Crippen molar-refractivity contribution in [2.45, 2.75) is 26.3 Å². The maximum atomic E-state index is 5.08. The predicted octanol–water partition coefficient (Wildman–Crippen LogP) is 1.62. The molecule has 2 aromatic heterocycles. The molecule has 3 N–H and O–H groups in total. The zero-order chi connectivity index (χ0) is 13.7. The van der Waals surface area contributed by atoms with Crippen LogP contribution in [0.15, 0.2) is 6.33 Å². The number of nitrogens with zero attached hydrogens (tertiary/aromatic N) is 3. The van der Waals surface area contributed by atoms with Crippen molar-refractivity contribution in [3.8, 4) is 0 Å². The van der Waals surface area contributed by atoms with Crippen LogP contribution in [0.1, 0.15) is 20.3 Å². The Balaban J connectivity index is 2.21. The molecule has 7 heteroatoms. The molecule has 0 spiro atoms. The number of aromatic nitrogens is 4. The summed E-state index contributed by atoms with van der Waals surface area (Å²) in [5.74, 6) is 1.35. The fourth-order valence-electron chi connectivity index (χ4n) is 1.78. The predicted molar refractivity (Wildman–Crippen MR) is 75.4 cm³/mol. The summed E-state index contributed by atoms with van der Waals surface area (Å²) in [7, 11) is 1.70. The molecule has 0 bridgehead atoms. The van der Waals surface area contributed by atoms with Gasteiger partial charge in [-0.15, -0.1) is 0 Å². The minimum absolute atomic E-state index is 0.260. The van der Waals surface area contributed by atoms with Crippen LogP contribution in [0.5, 0.6) is 0 Å². The summed E-state index contributed by atoms with van der Waals surface area (Å²) in [6.07, 6.45) is 2.53. The molecule has 0 saturated heterocycles. The van der Waals surface area contributed by atoms with Gasteiger partial charge in [0, 0.05) is 26.3 Å². The lowest BCUT2D eigenvalue weighted by atomic mass is 10.2. The summed E-state index contributed by atoms with van der Waals surface area (Å²) < 4.78 is 5.08. The highest BCUT2D eigenvalue weighted by Gasteiger charge is 2.11. The molecule has 0 radical (unpaired) electrons. The van der Waals surface area contributed by atoms with E-state index in [2.05, 4.69) is 37.5 Å². The van der Waals surface area contributed by atoms with Gasteiger partial charge in [-0.2, -0.15) is 9.97 Å². The molecule has 1 unspecified atom stereocenters. The third-order valence-corrected chi connectivity index (χ3v) is 2.76. The van der Waals surface area contributed by atoms with Crippen LogP contribution in [0.4, 0.5) is 11.8 Å². The molecule has 0 fully saturated rings. The van der Waals surface area contributed by atoms with E-state index in [1.165, 1.54) is 0 Å². The molecule has 7 nitrogen and oxygen atoms in total. The van der Waals surface area contributed by atoms with Gasteiger partial charge in [-0.05, 0) is 20.3 Å². The highest BCUT2D eigenvalue weighted by Crippen LogP contribution is 2.19. The lowest BCUT2D eigenvalue weighted by molar-refractivity contribution is 0.191. The molecule has 0 aliphatic heterocycles. The number of H-pyrrole nitrogens is 1. The molecule has 2 heterocycles. The fourth-order valence-corrected chi connectivity index (χ4v) is 1.78. The van der Waals surface area contributed by atoms with Crippen LogP contribution < -0.4 is 10.6 Å². The second-order valence-corrected chi connectivity index (χ2v) is 4.35. The number of aromatic amines is 1. The smallest absolute Gasteiger partial charge is 0.226 e. The number of methoxy groups -OCH3 is 1. The second-order valence-electron chi connectivity index (χ2n) is 4.35. The highest BCUT2D eigenvalue weighted by molar-refractivity contribution is 5.83. The average Bonchev–Trinajstić information content (AvgIpc) is 2.85. The molecular formula is C12H20N6O. The summed E-state index contributed by atoms with van der Waals surface area (Å²) in [6, 6.07) is 0.260. The van der Waals surface area contributed by atoms with Crippen molar-refractivity contribution in [1.29, 1.82) is 0 Å². The first-order valence-corrected chi connectivity index (χ1v) is 6.45. The summed E-state index contributed by atoms with van der Waals surface area (Å²) >= 11 is 0. The molecule has 0 aromatic carbocycles. The molecule has 0 saturated carbocycles. The molecule has 0 aliphatic carbocycles. The van der Waals surface area contributed by atoms with Crippen LogP contribution in [0.2, 0.25) is 0 Å². The first-order chi connectivity index (χ1) is 9.24. The summed E-state index contributed by atoms with van der Waals surface area (Å²) in [6.45, 7) is 5.59. The number of anilines is 2. The van der Waals surface area contributed by atoms with Crippen molar-refractivity contribution >= 4 is 22.9 Å². The normalized spacial score (nSPS) is 12.6. The van der Waals surface area contributed by atoms with E-state index in [1.807, 2.05) is 6.92 Å². The Hall–Kier alpha value is -1.89. The van der Waals surface area contributed by atoms with Crippen LogP contribution in [-0.4, -0.2) is 46.2 Å². The quantitative estimate of drug-likeness (QED) is 0.704. The zero-order valence-corrected chi connectivity index (χ0v) is 11.5. The number of nitrogens with one attached hydrogen (secondary N) is 3. The molecule has 2 rings (SSSR count). The Morgan fingerprint density at radius 3 is 3.00 bits per heavy atom. The van der Waals surface area contributed by atoms with Gasteiger partial charge in [0.2, 0.25) is 5.95 Å². The summed E-state index contributed by atoms with van der Waals surface area (Å²) in [5.41, 5.74) is 1.48. The molecule has 104 valence electrons. The maximum absolute atomic E-state index is 5.08. The third kappa shape index (κ3) is 3.31. The van der Waals surface area contributed by atoms with Gasteiger partial charge in [-0.25, -0.2) is 4.98 Å². The minimum Gasteiger partial charge on any atom is -0.385 e. The standard InChI is InChI=1S/C12H20N6O/c1-4-13-12-17-10-9(14-7-15-10)11(18-12)16-8(2)5-6-19-3/h7-8H,4-6H2,1-3H3,(H3,13,14,15,16,17,18). The molecule has 1 atom stereocenters. The first-order valence-electron chi connectivity index (χ1n) is 6.45. The second kappa shape index (κ2) is 6.33. The SMILES string of the molecule is CCNc1nc(NC(C)CCOC)c2[nH]cnc2n1. The van der Waals surface area contributed by atoms with Crippen LogP contribution in [0.25, 0.3) is 11.2 Å². The molecular weight excluding hydrogens is 244 g/mol. The van der Waals surface area contributed by atoms with Gasteiger partial charge < -0.3 is 20.4 Å². The Morgan fingerprint density at radius 1 is 1.42 bits per heavy atom. The molecule has 2 aromatic rings. The van der Waals surface area contributed by atoms with Crippen LogP contribution >= 0.6 is 0 Å². The Labute approximate surface area is 112 Å². The first kappa shape index (κ1) is 13.5. The summed E-state index contributed by atoms with van der Waals surface area (Å²) in [5, 5.41) is 6.47. The number of fused-ring (bicyclic) bond motifs is 1. The fraction of sp³-hybridized carbons (Fsp3) is 0.583. The van der Waals surface area contributed by atoms with Gasteiger partial charge in [0.05, 0.1) is 6.33 Å². The van der Waals surface area contributed by atoms with E-state index in [1.54, 1.807) is 13.4 Å². The summed E-state index contributed by atoms with van der Waals surface area (Å²) in [4.78, 5) is 16.0. The van der Waals surface area contributed by atoms with Gasteiger partial charge in [0.15, 0.2) is 11.5 Å². The largest absolute Gasteiger partial charge is 0.385 e. The van der Waals surface area contributed by atoms with Gasteiger partial charge >= 0.3 is 0 Å². The van der Waals surface area contributed by atoms with Crippen LogP contribution in [0.3, 0.4) is 0 Å². The van der Waals surface area contributed by atoms with Gasteiger partial charge in [0.25, 0.3) is 0 Å². The van der Waals surface area contributed by atoms with E-state index in [0.29, 0.717) is 18.2 Å². The lowest BCUT2D eigenvalue weighted by Crippen LogP contribution is -2.19. The van der Waals surface area contributed by atoms with Crippen molar-refractivity contribution in [2.75, 3.05) is 30.9 Å². The number of rotatable bonds is 7. The number of ether oxygens (including phenoxy) is 1. The Kier molecular flexibility index (Phi) is 4.51. The van der Waals surface area contributed by atoms with E-state index < -0.39 is 0 Å². The van der Waals surface area contributed by atoms with Crippen molar-refractivity contribution in [1.82, 2.24) is 19.9 Å². The van der Waals surface area contributed by atoms with E-state index in [4.69, 9.17) is 4.74 Å². The average molecular weight is 264 g/mol. The lowest BCUT2D eigenvalue weighted by Gasteiger charge is -2.15. The third-order valence-electron chi connectivity index (χ3n) is 2.76. The van der Waals surface area contributed by atoms with E-state index in [9.17, 15) is 0 Å². The van der Waals surface area contributed by atoms with Crippen molar-refractivity contribution < 1.29 is 4.74 Å². The minimum atomic E-state index is 0.260. The van der Waals surface area contributed by atoms with E-state index in [0.717, 1.165) is 24.3 Å². The van der Waals surface area contributed by atoms with Gasteiger partial charge in [0.1, 0.15) is 5.52 Å². The van der Waals surface area contributed by atoms with Gasteiger partial charge in [-0.3, -0.25) is 0 Å². The topological polar surface area (TPSA) is 87.8 Å². The number of imidazole rings is 1. The van der Waals surface area contributed by atoms with E-state index >= 15 is 0 Å². The van der Waals surface area contributed by atoms with Gasteiger partial charge in [-0.1, -0.05) is 0 Å².